The van der Waals surface area contributed by atoms with Crippen LogP contribution in [0.5, 0.6) is 5.75 Å². The summed E-state index contributed by atoms with van der Waals surface area (Å²) in [5.41, 5.74) is 0.0802. The van der Waals surface area contributed by atoms with Crippen molar-refractivity contribution in [3.63, 3.8) is 0 Å². The number of carbonyl (C=O) groups excluding carboxylic acids is 1. The van der Waals surface area contributed by atoms with E-state index in [9.17, 15) is 9.59 Å². The van der Waals surface area contributed by atoms with E-state index in [1.54, 1.807) is 0 Å². The van der Waals surface area contributed by atoms with E-state index >= 15 is 0 Å². The van der Waals surface area contributed by atoms with Crippen molar-refractivity contribution in [3.8, 4) is 5.75 Å². The molecule has 2 aromatic rings. The first-order valence-corrected chi connectivity index (χ1v) is 4.19. The lowest BCUT2D eigenvalue weighted by atomic mass is 10.3. The number of nitrogens with zero attached hydrogens (tertiary/aromatic N) is 2. The Morgan fingerprint density at radius 3 is 2.87 bits per heavy atom. The third-order valence-electron chi connectivity index (χ3n) is 1.77. The van der Waals surface area contributed by atoms with Crippen molar-refractivity contribution in [2.75, 3.05) is 0 Å². The topological polar surface area (TPSA) is 84.9 Å². The predicted molar refractivity (Wildman–Crippen MR) is 51.5 cm³/mol. The zero-order valence-electron chi connectivity index (χ0n) is 7.85. The second kappa shape index (κ2) is 3.49. The molecule has 0 amide bonds. The maximum atomic E-state index is 11.4. The van der Waals surface area contributed by atoms with Crippen LogP contribution in [0, 0.1) is 0 Å². The second-order valence-electron chi connectivity index (χ2n) is 2.91. The number of rotatable bonds is 1. The normalized spacial score (nSPS) is 10.2. The first-order valence-electron chi connectivity index (χ1n) is 4.19. The maximum absolute atomic E-state index is 11.4. The molecule has 0 saturated heterocycles. The summed E-state index contributed by atoms with van der Waals surface area (Å²) in [7, 11) is 0. The summed E-state index contributed by atoms with van der Waals surface area (Å²) in [4.78, 5) is 24.6. The zero-order chi connectivity index (χ0) is 10.8. The Bertz CT molecular complexity index is 576. The lowest BCUT2D eigenvalue weighted by Gasteiger charge is -2.01. The van der Waals surface area contributed by atoms with Crippen LogP contribution in [0.3, 0.4) is 0 Å². The molecule has 0 spiro atoms. The fourth-order valence-electron chi connectivity index (χ4n) is 1.17. The highest BCUT2D eigenvalue weighted by atomic mass is 16.5. The van der Waals surface area contributed by atoms with Gasteiger partial charge in [-0.15, -0.1) is 0 Å². The van der Waals surface area contributed by atoms with E-state index in [0.29, 0.717) is 10.9 Å². The van der Waals surface area contributed by atoms with Gasteiger partial charge in [0, 0.05) is 12.3 Å². The minimum Gasteiger partial charge on any atom is -0.421 e. The van der Waals surface area contributed by atoms with Crippen LogP contribution >= 0.6 is 0 Å². The second-order valence-corrected chi connectivity index (χ2v) is 2.91. The van der Waals surface area contributed by atoms with Crippen LogP contribution in [0.4, 0.5) is 0 Å². The van der Waals surface area contributed by atoms with E-state index in [1.807, 2.05) is 0 Å². The van der Waals surface area contributed by atoms with Gasteiger partial charge in [-0.05, 0) is 6.07 Å². The average Bonchev–Trinajstić information content (AvgIpc) is 2.18. The van der Waals surface area contributed by atoms with Crippen LogP contribution in [0.25, 0.3) is 10.9 Å². The van der Waals surface area contributed by atoms with Crippen molar-refractivity contribution in [2.45, 2.75) is 6.92 Å². The molecule has 0 aliphatic heterocycles. The maximum Gasteiger partial charge on any atom is 0.308 e. The summed E-state index contributed by atoms with van der Waals surface area (Å²) in [5.74, 6) is -0.579. The van der Waals surface area contributed by atoms with Gasteiger partial charge in [0.05, 0.1) is 17.9 Å². The predicted octanol–water partition coefficient (Wildman–Crippen LogP) is 0.243. The highest BCUT2D eigenvalue weighted by molar-refractivity contribution is 5.78. The molecule has 0 aliphatic rings. The van der Waals surface area contributed by atoms with Crippen LogP contribution in [0.15, 0.2) is 23.3 Å². The van der Waals surface area contributed by atoms with Crippen molar-refractivity contribution < 1.29 is 9.53 Å². The molecule has 0 fully saturated rings. The Morgan fingerprint density at radius 2 is 2.13 bits per heavy atom. The summed E-state index contributed by atoms with van der Waals surface area (Å²) in [6.45, 7) is 1.23. The number of aromatic nitrogens is 3. The molecule has 0 atom stereocenters. The molecule has 0 aromatic carbocycles. The number of pyridine rings is 1. The average molecular weight is 205 g/mol. The molecular formula is C9H7N3O3. The van der Waals surface area contributed by atoms with Gasteiger partial charge in [0.15, 0.2) is 5.75 Å². The number of aromatic amines is 1. The number of esters is 1. The first-order chi connectivity index (χ1) is 7.16. The summed E-state index contributed by atoms with van der Waals surface area (Å²) in [6.07, 6.45) is 2.90. The van der Waals surface area contributed by atoms with Crippen molar-refractivity contribution in [1.29, 1.82) is 0 Å². The molecule has 0 saturated carbocycles. The van der Waals surface area contributed by atoms with E-state index < -0.39 is 11.5 Å². The van der Waals surface area contributed by atoms with Gasteiger partial charge in [-0.2, -0.15) is 10.2 Å². The monoisotopic (exact) mass is 205 g/mol. The zero-order valence-corrected chi connectivity index (χ0v) is 7.85. The minimum atomic E-state index is -0.540. The number of hydrogen-bond donors (Lipinski definition) is 1. The molecule has 2 rings (SSSR count). The number of ether oxygens (including phenoxy) is 1. The molecule has 6 heteroatoms. The van der Waals surface area contributed by atoms with E-state index in [4.69, 9.17) is 4.74 Å². The molecule has 2 heterocycles. The lowest BCUT2D eigenvalue weighted by Crippen LogP contribution is -2.14. The molecular weight excluding hydrogens is 198 g/mol. The number of carbonyl (C=O) groups is 1. The Morgan fingerprint density at radius 1 is 1.40 bits per heavy atom. The first kappa shape index (κ1) is 9.32. The molecule has 2 aromatic heterocycles. The van der Waals surface area contributed by atoms with Gasteiger partial charge in [-0.25, -0.2) is 0 Å². The van der Waals surface area contributed by atoms with E-state index in [1.165, 1.54) is 25.4 Å². The largest absolute Gasteiger partial charge is 0.421 e. The molecule has 6 nitrogen and oxygen atoms in total. The quantitative estimate of drug-likeness (QED) is 0.674. The van der Waals surface area contributed by atoms with Gasteiger partial charge in [0.1, 0.15) is 0 Å². The van der Waals surface area contributed by atoms with E-state index in [-0.39, 0.29) is 5.75 Å². The third-order valence-corrected chi connectivity index (χ3v) is 1.77. The van der Waals surface area contributed by atoms with Crippen LogP contribution < -0.4 is 10.3 Å². The standard InChI is InChI=1S/C9H7N3O3/c1-5(13)15-8-2-6-3-10-11-4-7(6)12-9(8)14/h2-4H,1H3,(H,12,14). The molecule has 1 N–H and O–H groups in total. The molecule has 0 bridgehead atoms. The molecule has 76 valence electrons. The number of fused-ring (bicyclic) bond motifs is 1. The van der Waals surface area contributed by atoms with Crippen molar-refractivity contribution in [1.82, 2.24) is 15.2 Å². The van der Waals surface area contributed by atoms with Gasteiger partial charge in [-0.1, -0.05) is 0 Å². The Balaban J connectivity index is 2.62. The van der Waals surface area contributed by atoms with Gasteiger partial charge in [0.2, 0.25) is 0 Å². The Hall–Kier alpha value is -2.24. The minimum absolute atomic E-state index is 0.0389. The highest BCUT2D eigenvalue weighted by Gasteiger charge is 2.06. The summed E-state index contributed by atoms with van der Waals surface area (Å²) < 4.78 is 4.72. The van der Waals surface area contributed by atoms with Crippen LogP contribution in [-0.4, -0.2) is 21.2 Å². The summed E-state index contributed by atoms with van der Waals surface area (Å²) >= 11 is 0. The molecule has 0 radical (unpaired) electrons. The third kappa shape index (κ3) is 1.83. The van der Waals surface area contributed by atoms with Crippen LogP contribution in [-0.2, 0) is 4.79 Å². The van der Waals surface area contributed by atoms with Crippen molar-refractivity contribution >= 4 is 16.9 Å². The number of H-pyrrole nitrogens is 1. The summed E-state index contributed by atoms with van der Waals surface area (Å²) in [5, 5.41) is 7.92. The van der Waals surface area contributed by atoms with Gasteiger partial charge in [0.25, 0.3) is 5.56 Å². The molecule has 0 aliphatic carbocycles. The van der Waals surface area contributed by atoms with Gasteiger partial charge in [-0.3, -0.25) is 9.59 Å². The van der Waals surface area contributed by atoms with Crippen LogP contribution in [0.2, 0.25) is 0 Å². The lowest BCUT2D eigenvalue weighted by molar-refractivity contribution is -0.131. The Labute approximate surface area is 83.9 Å². The van der Waals surface area contributed by atoms with Crippen LogP contribution in [0.1, 0.15) is 6.92 Å². The fourth-order valence-corrected chi connectivity index (χ4v) is 1.17. The van der Waals surface area contributed by atoms with E-state index in [2.05, 4.69) is 15.2 Å². The van der Waals surface area contributed by atoms with Gasteiger partial charge < -0.3 is 9.72 Å². The highest BCUT2D eigenvalue weighted by Crippen LogP contribution is 2.11. The Kier molecular flexibility index (Phi) is 2.17. The number of hydrogen-bond acceptors (Lipinski definition) is 5. The fraction of sp³-hybridized carbons (Fsp3) is 0.111. The van der Waals surface area contributed by atoms with Crippen molar-refractivity contribution in [3.05, 3.63) is 28.8 Å². The smallest absolute Gasteiger partial charge is 0.308 e. The SMILES string of the molecule is CC(=O)Oc1cc2cnncc2[nH]c1=O. The summed E-state index contributed by atoms with van der Waals surface area (Å²) in [6, 6.07) is 1.45. The number of nitrogens with one attached hydrogen (secondary N) is 1. The molecule has 15 heavy (non-hydrogen) atoms. The molecule has 0 unspecified atom stereocenters. The van der Waals surface area contributed by atoms with Gasteiger partial charge >= 0.3 is 5.97 Å². The van der Waals surface area contributed by atoms with E-state index in [0.717, 1.165) is 0 Å². The van der Waals surface area contributed by atoms with Crippen molar-refractivity contribution in [2.24, 2.45) is 0 Å².